The molecule has 1 heteroatoms. The SMILES string of the molecule is c1cc2c(cc1OCC1CCCC1)CCC2. The van der Waals surface area contributed by atoms with Crippen LogP contribution in [-0.2, 0) is 12.8 Å². The lowest BCUT2D eigenvalue weighted by Gasteiger charge is -2.12. The van der Waals surface area contributed by atoms with Crippen molar-refractivity contribution in [1.82, 2.24) is 0 Å². The average Bonchev–Trinajstić information content (AvgIpc) is 2.97. The van der Waals surface area contributed by atoms with Gasteiger partial charge in [0.05, 0.1) is 6.61 Å². The van der Waals surface area contributed by atoms with Crippen molar-refractivity contribution in [3.8, 4) is 5.75 Å². The summed E-state index contributed by atoms with van der Waals surface area (Å²) in [5, 5.41) is 0. The summed E-state index contributed by atoms with van der Waals surface area (Å²) in [7, 11) is 0. The largest absolute Gasteiger partial charge is 0.493 e. The smallest absolute Gasteiger partial charge is 0.119 e. The molecule has 1 fully saturated rings. The molecule has 1 aromatic rings. The average molecular weight is 216 g/mol. The lowest BCUT2D eigenvalue weighted by molar-refractivity contribution is 0.252. The summed E-state index contributed by atoms with van der Waals surface area (Å²) in [5.74, 6) is 1.90. The number of rotatable bonds is 3. The van der Waals surface area contributed by atoms with Crippen molar-refractivity contribution < 1.29 is 4.74 Å². The van der Waals surface area contributed by atoms with E-state index in [1.54, 1.807) is 0 Å². The zero-order valence-corrected chi connectivity index (χ0v) is 9.87. The Morgan fingerprint density at radius 1 is 1.00 bits per heavy atom. The molecule has 0 saturated heterocycles. The predicted octanol–water partition coefficient (Wildman–Crippen LogP) is 3.74. The van der Waals surface area contributed by atoms with Gasteiger partial charge in [-0.15, -0.1) is 0 Å². The molecule has 0 bridgehead atoms. The zero-order chi connectivity index (χ0) is 10.8. The minimum Gasteiger partial charge on any atom is -0.493 e. The molecule has 2 aliphatic rings. The molecule has 0 amide bonds. The molecular formula is C15H20O. The summed E-state index contributed by atoms with van der Waals surface area (Å²) in [4.78, 5) is 0. The second kappa shape index (κ2) is 4.48. The van der Waals surface area contributed by atoms with E-state index in [1.807, 2.05) is 0 Å². The maximum Gasteiger partial charge on any atom is 0.119 e. The Kier molecular flexibility index (Phi) is 2.86. The quantitative estimate of drug-likeness (QED) is 0.747. The fourth-order valence-corrected chi connectivity index (χ4v) is 3.03. The molecule has 0 aromatic heterocycles. The van der Waals surface area contributed by atoms with Crippen molar-refractivity contribution in [2.24, 2.45) is 5.92 Å². The summed E-state index contributed by atoms with van der Waals surface area (Å²) >= 11 is 0. The summed E-state index contributed by atoms with van der Waals surface area (Å²) in [6, 6.07) is 6.67. The number of fused-ring (bicyclic) bond motifs is 1. The third kappa shape index (κ3) is 2.09. The second-order valence-electron chi connectivity index (χ2n) is 5.25. The minimum absolute atomic E-state index is 0.813. The van der Waals surface area contributed by atoms with E-state index in [0.29, 0.717) is 0 Å². The molecule has 1 aromatic carbocycles. The molecule has 86 valence electrons. The fraction of sp³-hybridized carbons (Fsp3) is 0.600. The lowest BCUT2D eigenvalue weighted by atomic mass is 10.1. The van der Waals surface area contributed by atoms with Gasteiger partial charge in [-0.1, -0.05) is 18.9 Å². The molecule has 0 spiro atoms. The third-order valence-electron chi connectivity index (χ3n) is 4.03. The van der Waals surface area contributed by atoms with E-state index in [4.69, 9.17) is 4.74 Å². The molecule has 0 radical (unpaired) electrons. The van der Waals surface area contributed by atoms with Crippen LogP contribution >= 0.6 is 0 Å². The molecule has 0 atom stereocenters. The summed E-state index contributed by atoms with van der Waals surface area (Å²) < 4.78 is 5.92. The van der Waals surface area contributed by atoms with E-state index in [1.165, 1.54) is 56.1 Å². The van der Waals surface area contributed by atoms with E-state index in [0.717, 1.165) is 18.3 Å². The molecule has 16 heavy (non-hydrogen) atoms. The summed E-state index contributed by atoms with van der Waals surface area (Å²) in [5.41, 5.74) is 3.05. The first-order valence-corrected chi connectivity index (χ1v) is 6.66. The second-order valence-corrected chi connectivity index (χ2v) is 5.25. The van der Waals surface area contributed by atoms with Crippen LogP contribution in [0.1, 0.15) is 43.2 Å². The van der Waals surface area contributed by atoms with Gasteiger partial charge in [-0.05, 0) is 61.3 Å². The highest BCUT2D eigenvalue weighted by molar-refractivity contribution is 5.38. The van der Waals surface area contributed by atoms with Gasteiger partial charge in [0, 0.05) is 0 Å². The van der Waals surface area contributed by atoms with Gasteiger partial charge in [0.15, 0.2) is 0 Å². The van der Waals surface area contributed by atoms with Crippen LogP contribution in [0.4, 0.5) is 0 Å². The first kappa shape index (κ1) is 10.2. The highest BCUT2D eigenvalue weighted by Crippen LogP contribution is 2.28. The van der Waals surface area contributed by atoms with Gasteiger partial charge in [-0.25, -0.2) is 0 Å². The van der Waals surface area contributed by atoms with E-state index in [9.17, 15) is 0 Å². The van der Waals surface area contributed by atoms with E-state index < -0.39 is 0 Å². The van der Waals surface area contributed by atoms with Gasteiger partial charge in [0.1, 0.15) is 5.75 Å². The number of hydrogen-bond acceptors (Lipinski definition) is 1. The number of hydrogen-bond donors (Lipinski definition) is 0. The Balaban J connectivity index is 1.61. The van der Waals surface area contributed by atoms with Gasteiger partial charge in [-0.3, -0.25) is 0 Å². The Hall–Kier alpha value is -0.980. The molecular weight excluding hydrogens is 196 g/mol. The van der Waals surface area contributed by atoms with Gasteiger partial charge in [0.2, 0.25) is 0 Å². The molecule has 0 N–H and O–H groups in total. The summed E-state index contributed by atoms with van der Waals surface area (Å²) in [6.45, 7) is 0.929. The molecule has 0 unspecified atom stereocenters. The van der Waals surface area contributed by atoms with Crippen LogP contribution in [0, 0.1) is 5.92 Å². The van der Waals surface area contributed by atoms with Gasteiger partial charge in [0.25, 0.3) is 0 Å². The first-order chi connectivity index (χ1) is 7.92. The molecule has 0 aliphatic heterocycles. The van der Waals surface area contributed by atoms with Crippen LogP contribution in [0.25, 0.3) is 0 Å². The predicted molar refractivity (Wildman–Crippen MR) is 65.9 cm³/mol. The minimum atomic E-state index is 0.813. The molecule has 1 nitrogen and oxygen atoms in total. The monoisotopic (exact) mass is 216 g/mol. The van der Waals surface area contributed by atoms with Crippen LogP contribution in [0.3, 0.4) is 0 Å². The Bertz CT molecular complexity index is 364. The fourth-order valence-electron chi connectivity index (χ4n) is 3.03. The van der Waals surface area contributed by atoms with Crippen molar-refractivity contribution in [3.63, 3.8) is 0 Å². The van der Waals surface area contributed by atoms with Gasteiger partial charge in [-0.2, -0.15) is 0 Å². The van der Waals surface area contributed by atoms with Crippen molar-refractivity contribution >= 4 is 0 Å². The Labute approximate surface area is 97.8 Å². The standard InChI is InChI=1S/C15H20O/c1-2-5-12(4-1)11-16-15-9-8-13-6-3-7-14(13)10-15/h8-10,12H,1-7,11H2. The topological polar surface area (TPSA) is 9.23 Å². The molecule has 1 saturated carbocycles. The van der Waals surface area contributed by atoms with Crippen molar-refractivity contribution in [3.05, 3.63) is 29.3 Å². The van der Waals surface area contributed by atoms with E-state index >= 15 is 0 Å². The van der Waals surface area contributed by atoms with E-state index in [-0.39, 0.29) is 0 Å². The number of aryl methyl sites for hydroxylation is 2. The number of ether oxygens (including phenoxy) is 1. The molecule has 0 heterocycles. The maximum absolute atomic E-state index is 5.92. The van der Waals surface area contributed by atoms with E-state index in [2.05, 4.69) is 18.2 Å². The Morgan fingerprint density at radius 2 is 1.81 bits per heavy atom. The highest BCUT2D eigenvalue weighted by Gasteiger charge is 2.16. The van der Waals surface area contributed by atoms with Crippen LogP contribution in [0.5, 0.6) is 5.75 Å². The summed E-state index contributed by atoms with van der Waals surface area (Å²) in [6.07, 6.45) is 9.36. The maximum atomic E-state index is 5.92. The van der Waals surface area contributed by atoms with Gasteiger partial charge < -0.3 is 4.74 Å². The van der Waals surface area contributed by atoms with Gasteiger partial charge >= 0.3 is 0 Å². The molecule has 2 aliphatic carbocycles. The van der Waals surface area contributed by atoms with Crippen LogP contribution < -0.4 is 4.74 Å². The zero-order valence-electron chi connectivity index (χ0n) is 9.87. The van der Waals surface area contributed by atoms with Crippen molar-refractivity contribution in [2.45, 2.75) is 44.9 Å². The van der Waals surface area contributed by atoms with Crippen LogP contribution in [0.2, 0.25) is 0 Å². The third-order valence-corrected chi connectivity index (χ3v) is 4.03. The van der Waals surface area contributed by atoms with Crippen molar-refractivity contribution in [2.75, 3.05) is 6.61 Å². The Morgan fingerprint density at radius 3 is 2.69 bits per heavy atom. The van der Waals surface area contributed by atoms with Crippen molar-refractivity contribution in [1.29, 1.82) is 0 Å². The van der Waals surface area contributed by atoms with Crippen LogP contribution in [0.15, 0.2) is 18.2 Å². The first-order valence-electron chi connectivity index (χ1n) is 6.66. The highest BCUT2D eigenvalue weighted by atomic mass is 16.5. The van der Waals surface area contributed by atoms with Crippen LogP contribution in [-0.4, -0.2) is 6.61 Å². The molecule has 3 rings (SSSR count). The number of benzene rings is 1. The lowest BCUT2D eigenvalue weighted by Crippen LogP contribution is -2.08. The normalized spacial score (nSPS) is 20.0.